The molecular formula is C10H20O3. The van der Waals surface area contributed by atoms with Gasteiger partial charge in [-0.1, -0.05) is 0 Å². The first-order valence-corrected chi connectivity index (χ1v) is 5.12. The summed E-state index contributed by atoms with van der Waals surface area (Å²) in [5.74, 6) is 0.603. The molecule has 0 amide bonds. The third kappa shape index (κ3) is 5.24. The molecule has 2 unspecified atom stereocenters. The van der Waals surface area contributed by atoms with E-state index in [1.807, 2.05) is 6.92 Å². The lowest BCUT2D eigenvalue weighted by Gasteiger charge is -2.09. The van der Waals surface area contributed by atoms with Crippen LogP contribution in [0, 0.1) is 5.92 Å². The molecule has 0 aliphatic carbocycles. The average molecular weight is 188 g/mol. The summed E-state index contributed by atoms with van der Waals surface area (Å²) >= 11 is 0. The van der Waals surface area contributed by atoms with Gasteiger partial charge in [-0.2, -0.15) is 0 Å². The van der Waals surface area contributed by atoms with Crippen molar-refractivity contribution < 1.29 is 14.6 Å². The highest BCUT2D eigenvalue weighted by Gasteiger charge is 2.15. The normalized spacial score (nSPS) is 24.9. The van der Waals surface area contributed by atoms with Gasteiger partial charge in [-0.15, -0.1) is 0 Å². The van der Waals surface area contributed by atoms with Crippen molar-refractivity contribution in [1.82, 2.24) is 0 Å². The molecule has 1 saturated heterocycles. The summed E-state index contributed by atoms with van der Waals surface area (Å²) in [4.78, 5) is 0. The predicted octanol–water partition coefficient (Wildman–Crippen LogP) is 1.20. The maximum atomic E-state index is 8.99. The van der Waals surface area contributed by atoms with Crippen LogP contribution in [-0.2, 0) is 9.47 Å². The SMILES string of the molecule is CC(O)CCCOCC1CCOC1. The lowest BCUT2D eigenvalue weighted by atomic mass is 10.1. The molecule has 1 fully saturated rings. The van der Waals surface area contributed by atoms with Crippen LogP contribution in [0.1, 0.15) is 26.2 Å². The Balaban J connectivity index is 1.83. The minimum absolute atomic E-state index is 0.196. The molecule has 0 saturated carbocycles. The van der Waals surface area contributed by atoms with Crippen LogP contribution >= 0.6 is 0 Å². The fourth-order valence-corrected chi connectivity index (χ4v) is 1.45. The lowest BCUT2D eigenvalue weighted by Crippen LogP contribution is -2.11. The number of aliphatic hydroxyl groups excluding tert-OH is 1. The number of hydrogen-bond acceptors (Lipinski definition) is 3. The van der Waals surface area contributed by atoms with E-state index in [0.717, 1.165) is 45.7 Å². The van der Waals surface area contributed by atoms with E-state index >= 15 is 0 Å². The van der Waals surface area contributed by atoms with Crippen LogP contribution < -0.4 is 0 Å². The second-order valence-electron chi connectivity index (χ2n) is 3.80. The average Bonchev–Trinajstić information content (AvgIpc) is 2.55. The van der Waals surface area contributed by atoms with Gasteiger partial charge in [0.2, 0.25) is 0 Å². The van der Waals surface area contributed by atoms with E-state index in [2.05, 4.69) is 0 Å². The summed E-state index contributed by atoms with van der Waals surface area (Å²) in [6.07, 6.45) is 2.72. The van der Waals surface area contributed by atoms with Crippen molar-refractivity contribution in [3.63, 3.8) is 0 Å². The van der Waals surface area contributed by atoms with E-state index in [1.165, 1.54) is 0 Å². The van der Waals surface area contributed by atoms with Gasteiger partial charge in [-0.05, 0) is 26.2 Å². The van der Waals surface area contributed by atoms with Gasteiger partial charge in [0.05, 0.1) is 19.3 Å². The zero-order valence-corrected chi connectivity index (χ0v) is 8.37. The Labute approximate surface area is 80.0 Å². The van der Waals surface area contributed by atoms with E-state index in [4.69, 9.17) is 14.6 Å². The van der Waals surface area contributed by atoms with Gasteiger partial charge in [0, 0.05) is 19.1 Å². The smallest absolute Gasteiger partial charge is 0.0517 e. The largest absolute Gasteiger partial charge is 0.393 e. The van der Waals surface area contributed by atoms with Crippen LogP contribution in [0.25, 0.3) is 0 Å². The van der Waals surface area contributed by atoms with Gasteiger partial charge in [0.1, 0.15) is 0 Å². The lowest BCUT2D eigenvalue weighted by molar-refractivity contribution is 0.0789. The fraction of sp³-hybridized carbons (Fsp3) is 1.00. The Morgan fingerprint density at radius 3 is 3.08 bits per heavy atom. The minimum Gasteiger partial charge on any atom is -0.393 e. The molecular weight excluding hydrogens is 168 g/mol. The maximum absolute atomic E-state index is 8.99. The Hall–Kier alpha value is -0.120. The first-order chi connectivity index (χ1) is 6.29. The van der Waals surface area contributed by atoms with Crippen molar-refractivity contribution in [1.29, 1.82) is 0 Å². The van der Waals surface area contributed by atoms with Gasteiger partial charge in [-0.25, -0.2) is 0 Å². The summed E-state index contributed by atoms with van der Waals surface area (Å²) < 4.78 is 10.7. The Bertz CT molecular complexity index is 119. The Morgan fingerprint density at radius 1 is 1.62 bits per heavy atom. The third-order valence-electron chi connectivity index (χ3n) is 2.29. The van der Waals surface area contributed by atoms with E-state index in [9.17, 15) is 0 Å². The molecule has 1 aliphatic rings. The molecule has 3 nitrogen and oxygen atoms in total. The molecule has 0 bridgehead atoms. The molecule has 3 heteroatoms. The quantitative estimate of drug-likeness (QED) is 0.637. The van der Waals surface area contributed by atoms with Gasteiger partial charge in [-0.3, -0.25) is 0 Å². The zero-order valence-electron chi connectivity index (χ0n) is 8.37. The number of rotatable bonds is 6. The molecule has 0 aromatic rings. The standard InChI is InChI=1S/C10H20O3/c1-9(11)3-2-5-12-7-10-4-6-13-8-10/h9-11H,2-8H2,1H3. The third-order valence-corrected chi connectivity index (χ3v) is 2.29. The van der Waals surface area contributed by atoms with Crippen molar-refractivity contribution in [2.75, 3.05) is 26.4 Å². The maximum Gasteiger partial charge on any atom is 0.0517 e. The van der Waals surface area contributed by atoms with Crippen molar-refractivity contribution >= 4 is 0 Å². The van der Waals surface area contributed by atoms with Crippen molar-refractivity contribution in [3.05, 3.63) is 0 Å². The molecule has 1 aliphatic heterocycles. The second kappa shape index (κ2) is 6.35. The van der Waals surface area contributed by atoms with E-state index in [1.54, 1.807) is 0 Å². The van der Waals surface area contributed by atoms with Gasteiger partial charge in [0.15, 0.2) is 0 Å². The van der Waals surface area contributed by atoms with Crippen molar-refractivity contribution in [2.45, 2.75) is 32.3 Å². The molecule has 1 heterocycles. The summed E-state index contributed by atoms with van der Waals surface area (Å²) in [6.45, 7) is 5.14. The minimum atomic E-state index is -0.196. The highest BCUT2D eigenvalue weighted by Crippen LogP contribution is 2.12. The van der Waals surface area contributed by atoms with Crippen LogP contribution in [0.5, 0.6) is 0 Å². The molecule has 2 atom stereocenters. The second-order valence-corrected chi connectivity index (χ2v) is 3.80. The number of ether oxygens (including phenoxy) is 2. The fourth-order valence-electron chi connectivity index (χ4n) is 1.45. The summed E-state index contributed by atoms with van der Waals surface area (Å²) in [5.41, 5.74) is 0. The molecule has 1 rings (SSSR count). The molecule has 0 aromatic carbocycles. The van der Waals surface area contributed by atoms with Crippen LogP contribution in [0.3, 0.4) is 0 Å². The van der Waals surface area contributed by atoms with E-state index < -0.39 is 0 Å². The number of hydrogen-bond donors (Lipinski definition) is 1. The van der Waals surface area contributed by atoms with Gasteiger partial charge < -0.3 is 14.6 Å². The Morgan fingerprint density at radius 2 is 2.46 bits per heavy atom. The van der Waals surface area contributed by atoms with Gasteiger partial charge >= 0.3 is 0 Å². The molecule has 0 spiro atoms. The predicted molar refractivity (Wildman–Crippen MR) is 50.7 cm³/mol. The van der Waals surface area contributed by atoms with Crippen molar-refractivity contribution in [3.8, 4) is 0 Å². The first kappa shape index (κ1) is 11.0. The summed E-state index contributed by atoms with van der Waals surface area (Å²) in [5, 5.41) is 8.99. The summed E-state index contributed by atoms with van der Waals surface area (Å²) in [6, 6.07) is 0. The summed E-state index contributed by atoms with van der Waals surface area (Å²) in [7, 11) is 0. The Kier molecular flexibility index (Phi) is 5.35. The van der Waals surface area contributed by atoms with Crippen molar-refractivity contribution in [2.24, 2.45) is 5.92 Å². The van der Waals surface area contributed by atoms with E-state index in [0.29, 0.717) is 5.92 Å². The monoisotopic (exact) mass is 188 g/mol. The molecule has 0 radical (unpaired) electrons. The molecule has 13 heavy (non-hydrogen) atoms. The molecule has 0 aromatic heterocycles. The molecule has 1 N–H and O–H groups in total. The van der Waals surface area contributed by atoms with Crippen LogP contribution in [-0.4, -0.2) is 37.6 Å². The van der Waals surface area contributed by atoms with E-state index in [-0.39, 0.29) is 6.10 Å². The number of aliphatic hydroxyl groups is 1. The topological polar surface area (TPSA) is 38.7 Å². The van der Waals surface area contributed by atoms with Crippen LogP contribution in [0.2, 0.25) is 0 Å². The van der Waals surface area contributed by atoms with Crippen LogP contribution in [0.15, 0.2) is 0 Å². The van der Waals surface area contributed by atoms with Crippen LogP contribution in [0.4, 0.5) is 0 Å². The zero-order chi connectivity index (χ0) is 9.52. The molecule has 78 valence electrons. The van der Waals surface area contributed by atoms with Gasteiger partial charge in [0.25, 0.3) is 0 Å². The highest BCUT2D eigenvalue weighted by atomic mass is 16.5. The highest BCUT2D eigenvalue weighted by molar-refractivity contribution is 4.62. The first-order valence-electron chi connectivity index (χ1n) is 5.12.